The molecule has 0 bridgehead atoms. The van der Waals surface area contributed by atoms with Crippen molar-refractivity contribution in [2.24, 2.45) is 0 Å². The number of nitrogens with one attached hydrogen (secondary N) is 1. The molecule has 0 spiro atoms. The van der Waals surface area contributed by atoms with Crippen LogP contribution < -0.4 is 5.32 Å². The van der Waals surface area contributed by atoms with E-state index in [-0.39, 0.29) is 12.4 Å². The smallest absolute Gasteiger partial charge is 0.326 e. The Morgan fingerprint density at radius 1 is 1.11 bits per heavy atom. The maximum atomic E-state index is 12.0. The molecule has 138 valence electrons. The van der Waals surface area contributed by atoms with Crippen LogP contribution in [0.25, 0.3) is 11.5 Å². The number of amides is 1. The lowest BCUT2D eigenvalue weighted by molar-refractivity contribution is -0.148. The van der Waals surface area contributed by atoms with Gasteiger partial charge in [-0.25, -0.2) is 0 Å². The monoisotopic (exact) mass is 385 g/mol. The van der Waals surface area contributed by atoms with E-state index in [1.165, 1.54) is 0 Å². The van der Waals surface area contributed by atoms with E-state index in [1.807, 2.05) is 30.3 Å². The minimum atomic E-state index is -0.741. The highest BCUT2D eigenvalue weighted by Crippen LogP contribution is 2.21. The molecule has 0 radical (unpaired) electrons. The van der Waals surface area contributed by atoms with E-state index in [9.17, 15) is 9.59 Å². The Morgan fingerprint density at radius 3 is 2.52 bits per heavy atom. The lowest BCUT2D eigenvalue weighted by Crippen LogP contribution is -2.31. The number of halogens is 1. The average molecular weight is 386 g/mol. The van der Waals surface area contributed by atoms with Crippen molar-refractivity contribution < 1.29 is 18.7 Å². The molecule has 3 aromatic rings. The molecule has 1 aromatic heterocycles. The van der Waals surface area contributed by atoms with Gasteiger partial charge in [-0.15, -0.1) is 10.2 Å². The molecule has 1 N–H and O–H groups in total. The Hall–Kier alpha value is -3.19. The van der Waals surface area contributed by atoms with Crippen LogP contribution >= 0.6 is 11.6 Å². The largest absolute Gasteiger partial charge is 0.451 e. The van der Waals surface area contributed by atoms with Crippen LogP contribution in [0.1, 0.15) is 29.3 Å². The van der Waals surface area contributed by atoms with Gasteiger partial charge in [0.2, 0.25) is 5.89 Å². The molecule has 0 unspecified atom stereocenters. The van der Waals surface area contributed by atoms with Crippen molar-refractivity contribution >= 4 is 23.5 Å². The SMILES string of the molecule is C[C@@H](OC(=O)CNC(=O)c1ccc(Cl)cc1)c1nnc(-c2ccccc2)o1. The van der Waals surface area contributed by atoms with Crippen molar-refractivity contribution in [3.63, 3.8) is 0 Å². The summed E-state index contributed by atoms with van der Waals surface area (Å²) >= 11 is 5.77. The van der Waals surface area contributed by atoms with Crippen LogP contribution in [0.2, 0.25) is 5.02 Å². The fraction of sp³-hybridized carbons (Fsp3) is 0.158. The minimum absolute atomic E-state index is 0.172. The predicted molar refractivity (Wildman–Crippen MR) is 98.0 cm³/mol. The lowest BCUT2D eigenvalue weighted by atomic mass is 10.2. The fourth-order valence-electron chi connectivity index (χ4n) is 2.24. The standard InChI is InChI=1S/C19H16ClN3O4/c1-12(18-22-23-19(27-18)14-5-3-2-4-6-14)26-16(24)11-21-17(25)13-7-9-15(20)10-8-13/h2-10,12H,11H2,1H3,(H,21,25)/t12-/m1/s1. The zero-order valence-corrected chi connectivity index (χ0v) is 15.1. The first-order valence-electron chi connectivity index (χ1n) is 8.15. The molecular weight excluding hydrogens is 370 g/mol. The summed E-state index contributed by atoms with van der Waals surface area (Å²) in [5.74, 6) is -0.513. The molecule has 0 saturated carbocycles. The topological polar surface area (TPSA) is 94.3 Å². The molecule has 1 amide bonds. The first kappa shape index (κ1) is 18.6. The second kappa shape index (κ2) is 8.46. The number of nitrogens with zero attached hydrogens (tertiary/aromatic N) is 2. The molecule has 0 aliphatic rings. The number of ether oxygens (including phenoxy) is 1. The zero-order valence-electron chi connectivity index (χ0n) is 14.4. The predicted octanol–water partition coefficient (Wildman–Crippen LogP) is 3.42. The van der Waals surface area contributed by atoms with E-state index < -0.39 is 18.0 Å². The number of carbonyl (C=O) groups is 2. The number of rotatable bonds is 6. The molecule has 0 fully saturated rings. The summed E-state index contributed by atoms with van der Waals surface area (Å²) in [6.45, 7) is 1.33. The van der Waals surface area contributed by atoms with Crippen molar-refractivity contribution in [3.8, 4) is 11.5 Å². The molecule has 1 atom stereocenters. The van der Waals surface area contributed by atoms with Gasteiger partial charge in [0, 0.05) is 16.1 Å². The average Bonchev–Trinajstić information content (AvgIpc) is 3.18. The second-order valence-electron chi connectivity index (χ2n) is 5.63. The van der Waals surface area contributed by atoms with E-state index >= 15 is 0 Å². The molecule has 3 rings (SSSR count). The summed E-state index contributed by atoms with van der Waals surface area (Å²) in [6, 6.07) is 15.6. The van der Waals surface area contributed by atoms with Gasteiger partial charge in [-0.3, -0.25) is 9.59 Å². The van der Waals surface area contributed by atoms with Gasteiger partial charge in [-0.1, -0.05) is 29.8 Å². The highest BCUT2D eigenvalue weighted by molar-refractivity contribution is 6.30. The molecule has 0 saturated heterocycles. The fourth-order valence-corrected chi connectivity index (χ4v) is 2.37. The van der Waals surface area contributed by atoms with E-state index in [0.29, 0.717) is 16.5 Å². The Morgan fingerprint density at radius 2 is 1.81 bits per heavy atom. The Balaban J connectivity index is 1.52. The Kier molecular flexibility index (Phi) is 5.83. The van der Waals surface area contributed by atoms with Gasteiger partial charge in [0.25, 0.3) is 11.8 Å². The number of hydrogen-bond acceptors (Lipinski definition) is 6. The van der Waals surface area contributed by atoms with Gasteiger partial charge in [-0.2, -0.15) is 0 Å². The molecule has 1 heterocycles. The first-order valence-corrected chi connectivity index (χ1v) is 8.53. The van der Waals surface area contributed by atoms with Gasteiger partial charge < -0.3 is 14.5 Å². The summed E-state index contributed by atoms with van der Waals surface area (Å²) in [5, 5.41) is 10.9. The van der Waals surface area contributed by atoms with Gasteiger partial charge in [0.1, 0.15) is 6.54 Å². The number of aromatic nitrogens is 2. The van der Waals surface area contributed by atoms with Gasteiger partial charge in [0.05, 0.1) is 0 Å². The summed E-state index contributed by atoms with van der Waals surface area (Å²) in [4.78, 5) is 23.9. The number of benzene rings is 2. The number of esters is 1. The third-order valence-corrected chi connectivity index (χ3v) is 3.87. The third kappa shape index (κ3) is 4.92. The van der Waals surface area contributed by atoms with E-state index in [0.717, 1.165) is 5.56 Å². The number of carbonyl (C=O) groups excluding carboxylic acids is 2. The molecule has 0 aliphatic carbocycles. The van der Waals surface area contributed by atoms with Crippen molar-refractivity contribution in [1.29, 1.82) is 0 Å². The number of hydrogen-bond donors (Lipinski definition) is 1. The Labute approximate surface area is 160 Å². The molecular formula is C19H16ClN3O4. The summed E-state index contributed by atoms with van der Waals surface area (Å²) in [7, 11) is 0. The highest BCUT2D eigenvalue weighted by Gasteiger charge is 2.19. The van der Waals surface area contributed by atoms with Crippen LogP contribution in [0.5, 0.6) is 0 Å². The van der Waals surface area contributed by atoms with Crippen molar-refractivity contribution in [3.05, 3.63) is 71.1 Å². The summed E-state index contributed by atoms with van der Waals surface area (Å²) in [6.07, 6.45) is -0.741. The molecule has 2 aromatic carbocycles. The highest BCUT2D eigenvalue weighted by atomic mass is 35.5. The van der Waals surface area contributed by atoms with Gasteiger partial charge >= 0.3 is 5.97 Å². The molecule has 7 nitrogen and oxygen atoms in total. The van der Waals surface area contributed by atoms with Crippen molar-refractivity contribution in [1.82, 2.24) is 15.5 Å². The third-order valence-electron chi connectivity index (χ3n) is 3.62. The maximum Gasteiger partial charge on any atom is 0.326 e. The first-order chi connectivity index (χ1) is 13.0. The minimum Gasteiger partial charge on any atom is -0.451 e. The maximum absolute atomic E-state index is 12.0. The molecule has 8 heteroatoms. The normalized spacial score (nSPS) is 11.6. The summed E-state index contributed by atoms with van der Waals surface area (Å²) < 4.78 is 10.8. The second-order valence-corrected chi connectivity index (χ2v) is 6.07. The van der Waals surface area contributed by atoms with Gasteiger partial charge in [-0.05, 0) is 43.3 Å². The zero-order chi connectivity index (χ0) is 19.2. The quantitative estimate of drug-likeness (QED) is 0.653. The van der Waals surface area contributed by atoms with E-state index in [1.54, 1.807) is 31.2 Å². The summed E-state index contributed by atoms with van der Waals surface area (Å²) in [5.41, 5.74) is 1.16. The van der Waals surface area contributed by atoms with Crippen LogP contribution in [-0.4, -0.2) is 28.6 Å². The Bertz CT molecular complexity index is 926. The van der Waals surface area contributed by atoms with E-state index in [4.69, 9.17) is 20.8 Å². The molecule has 27 heavy (non-hydrogen) atoms. The van der Waals surface area contributed by atoms with Crippen LogP contribution in [0.3, 0.4) is 0 Å². The van der Waals surface area contributed by atoms with Crippen LogP contribution in [-0.2, 0) is 9.53 Å². The van der Waals surface area contributed by atoms with Gasteiger partial charge in [0.15, 0.2) is 6.10 Å². The van der Waals surface area contributed by atoms with E-state index in [2.05, 4.69) is 15.5 Å². The van der Waals surface area contributed by atoms with Crippen molar-refractivity contribution in [2.75, 3.05) is 6.54 Å². The van der Waals surface area contributed by atoms with Crippen LogP contribution in [0.15, 0.2) is 59.0 Å². The van der Waals surface area contributed by atoms with Crippen molar-refractivity contribution in [2.45, 2.75) is 13.0 Å². The molecule has 0 aliphatic heterocycles. The van der Waals surface area contributed by atoms with Crippen LogP contribution in [0, 0.1) is 0 Å². The van der Waals surface area contributed by atoms with Crippen LogP contribution in [0.4, 0.5) is 0 Å². The lowest BCUT2D eigenvalue weighted by Gasteiger charge is -2.10.